The Balaban J connectivity index is 1.93. The topological polar surface area (TPSA) is 55.6 Å². The van der Waals surface area contributed by atoms with Crippen LogP contribution >= 0.6 is 15.9 Å². The number of carbonyl (C=O) groups excluding carboxylic acids is 1. The van der Waals surface area contributed by atoms with Crippen LogP contribution in [-0.2, 0) is 14.9 Å². The number of ether oxygens (including phenoxy) is 1. The molecule has 128 valence electrons. The molecule has 0 saturated carbocycles. The summed E-state index contributed by atoms with van der Waals surface area (Å²) < 4.78 is 6.82. The Hall–Kier alpha value is -0.910. The maximum atomic E-state index is 13.0. The summed E-state index contributed by atoms with van der Waals surface area (Å²) in [6.07, 6.45) is 2.98. The van der Waals surface area contributed by atoms with Crippen molar-refractivity contribution in [1.82, 2.24) is 4.90 Å². The number of likely N-dealkylation sites (tertiary alicyclic amines) is 1. The molecule has 4 nitrogen and oxygen atoms in total. The van der Waals surface area contributed by atoms with Crippen LogP contribution in [0, 0.1) is 0 Å². The molecular formula is C18H27BrN2O2. The highest BCUT2D eigenvalue weighted by Gasteiger charge is 2.35. The van der Waals surface area contributed by atoms with E-state index in [4.69, 9.17) is 10.5 Å². The minimum absolute atomic E-state index is 0.191. The number of hydrogen-bond donors (Lipinski definition) is 1. The van der Waals surface area contributed by atoms with Gasteiger partial charge < -0.3 is 15.4 Å². The lowest BCUT2D eigenvalue weighted by Crippen LogP contribution is -2.48. The standard InChI is InChI=1S/C18H27BrN2O2/c1-18(2,14-5-3-6-15(19)13-14)17(22)21-10-7-16(8-11-21)23-12-4-9-20/h3,5-6,13,16H,4,7-12,20H2,1-2H3. The second kappa shape index (κ2) is 8.27. The van der Waals surface area contributed by atoms with E-state index in [0.717, 1.165) is 49.0 Å². The Morgan fingerprint density at radius 2 is 2.09 bits per heavy atom. The van der Waals surface area contributed by atoms with E-state index >= 15 is 0 Å². The Kier molecular flexibility index (Phi) is 6.62. The lowest BCUT2D eigenvalue weighted by Gasteiger charge is -2.37. The molecule has 0 atom stereocenters. The van der Waals surface area contributed by atoms with Gasteiger partial charge in [0.25, 0.3) is 0 Å². The summed E-state index contributed by atoms with van der Waals surface area (Å²) in [7, 11) is 0. The minimum Gasteiger partial charge on any atom is -0.378 e. The number of nitrogens with zero attached hydrogens (tertiary/aromatic N) is 1. The predicted octanol–water partition coefficient (Wildman–Crippen LogP) is 3.08. The van der Waals surface area contributed by atoms with Gasteiger partial charge in [-0.1, -0.05) is 28.1 Å². The maximum Gasteiger partial charge on any atom is 0.232 e. The smallest absolute Gasteiger partial charge is 0.232 e. The number of halogens is 1. The van der Waals surface area contributed by atoms with Crippen LogP contribution in [0.2, 0.25) is 0 Å². The van der Waals surface area contributed by atoms with Crippen LogP contribution in [0.1, 0.15) is 38.7 Å². The zero-order valence-corrected chi connectivity index (χ0v) is 15.6. The third-order valence-electron chi connectivity index (χ3n) is 4.51. The van der Waals surface area contributed by atoms with Crippen LogP contribution in [-0.4, -0.2) is 43.2 Å². The molecule has 1 aromatic rings. The highest BCUT2D eigenvalue weighted by molar-refractivity contribution is 9.10. The van der Waals surface area contributed by atoms with Gasteiger partial charge in [0.2, 0.25) is 5.91 Å². The number of amides is 1. The van der Waals surface area contributed by atoms with Crippen LogP contribution < -0.4 is 5.73 Å². The Labute approximate surface area is 147 Å². The van der Waals surface area contributed by atoms with Crippen LogP contribution in [0.15, 0.2) is 28.7 Å². The number of hydrogen-bond acceptors (Lipinski definition) is 3. The van der Waals surface area contributed by atoms with Gasteiger partial charge in [0.1, 0.15) is 0 Å². The molecule has 0 aliphatic carbocycles. The van der Waals surface area contributed by atoms with Gasteiger partial charge in [-0.25, -0.2) is 0 Å². The summed E-state index contributed by atoms with van der Waals surface area (Å²) in [6.45, 7) is 6.92. The SMILES string of the molecule is CC(C)(C(=O)N1CCC(OCCCN)CC1)c1cccc(Br)c1. The van der Waals surface area contributed by atoms with Crippen molar-refractivity contribution in [1.29, 1.82) is 0 Å². The van der Waals surface area contributed by atoms with Gasteiger partial charge in [-0.15, -0.1) is 0 Å². The van der Waals surface area contributed by atoms with E-state index in [-0.39, 0.29) is 12.0 Å². The Morgan fingerprint density at radius 1 is 1.39 bits per heavy atom. The second-order valence-corrected chi connectivity index (χ2v) is 7.56. The fraction of sp³-hybridized carbons (Fsp3) is 0.611. The van der Waals surface area contributed by atoms with Gasteiger partial charge in [-0.05, 0) is 57.4 Å². The van der Waals surface area contributed by atoms with Gasteiger partial charge in [0, 0.05) is 24.2 Å². The first-order valence-electron chi connectivity index (χ1n) is 8.32. The molecule has 0 bridgehead atoms. The predicted molar refractivity (Wildman–Crippen MR) is 96.4 cm³/mol. The largest absolute Gasteiger partial charge is 0.378 e. The molecule has 1 aromatic carbocycles. The first-order chi connectivity index (χ1) is 10.9. The Bertz CT molecular complexity index is 526. The van der Waals surface area contributed by atoms with Gasteiger partial charge in [0.15, 0.2) is 0 Å². The molecule has 23 heavy (non-hydrogen) atoms. The van der Waals surface area contributed by atoms with E-state index in [1.165, 1.54) is 0 Å². The number of benzene rings is 1. The van der Waals surface area contributed by atoms with E-state index in [1.54, 1.807) is 0 Å². The third-order valence-corrected chi connectivity index (χ3v) is 5.01. The fourth-order valence-corrected chi connectivity index (χ4v) is 3.35. The summed E-state index contributed by atoms with van der Waals surface area (Å²) in [6, 6.07) is 8.01. The van der Waals surface area contributed by atoms with Gasteiger partial charge in [0.05, 0.1) is 11.5 Å². The molecule has 2 N–H and O–H groups in total. The van der Waals surface area contributed by atoms with Crippen LogP contribution in [0.5, 0.6) is 0 Å². The molecule has 0 unspecified atom stereocenters. The van der Waals surface area contributed by atoms with E-state index in [2.05, 4.69) is 15.9 Å². The minimum atomic E-state index is -0.517. The summed E-state index contributed by atoms with van der Waals surface area (Å²) in [4.78, 5) is 14.9. The molecule has 2 rings (SSSR count). The summed E-state index contributed by atoms with van der Waals surface area (Å²) in [5.74, 6) is 0.191. The first-order valence-corrected chi connectivity index (χ1v) is 9.11. The molecule has 1 saturated heterocycles. The molecule has 1 aliphatic rings. The number of nitrogens with two attached hydrogens (primary N) is 1. The average molecular weight is 383 g/mol. The van der Waals surface area contributed by atoms with Crippen LogP contribution in [0.3, 0.4) is 0 Å². The lowest BCUT2D eigenvalue weighted by atomic mass is 9.82. The van der Waals surface area contributed by atoms with Crippen molar-refractivity contribution < 1.29 is 9.53 Å². The highest BCUT2D eigenvalue weighted by atomic mass is 79.9. The molecule has 0 aromatic heterocycles. The third kappa shape index (κ3) is 4.78. The fourth-order valence-electron chi connectivity index (χ4n) is 2.95. The van der Waals surface area contributed by atoms with Crippen LogP contribution in [0.25, 0.3) is 0 Å². The van der Waals surface area contributed by atoms with Crippen LogP contribution in [0.4, 0.5) is 0 Å². The van der Waals surface area contributed by atoms with Gasteiger partial charge >= 0.3 is 0 Å². The van der Waals surface area contributed by atoms with E-state index < -0.39 is 5.41 Å². The van der Waals surface area contributed by atoms with E-state index in [9.17, 15) is 4.79 Å². The van der Waals surface area contributed by atoms with E-state index in [0.29, 0.717) is 6.54 Å². The molecule has 0 radical (unpaired) electrons. The summed E-state index contributed by atoms with van der Waals surface area (Å²) in [5, 5.41) is 0. The number of piperidine rings is 1. The van der Waals surface area contributed by atoms with Crippen molar-refractivity contribution in [2.24, 2.45) is 5.73 Å². The van der Waals surface area contributed by atoms with Gasteiger partial charge in [-0.3, -0.25) is 4.79 Å². The summed E-state index contributed by atoms with van der Waals surface area (Å²) >= 11 is 3.49. The van der Waals surface area contributed by atoms with Crippen molar-refractivity contribution in [2.75, 3.05) is 26.2 Å². The average Bonchev–Trinajstić information content (AvgIpc) is 2.55. The Morgan fingerprint density at radius 3 is 2.70 bits per heavy atom. The first kappa shape index (κ1) is 18.4. The molecule has 1 amide bonds. The maximum absolute atomic E-state index is 13.0. The van der Waals surface area contributed by atoms with E-state index in [1.807, 2.05) is 43.0 Å². The molecule has 0 spiro atoms. The molecule has 1 aliphatic heterocycles. The van der Waals surface area contributed by atoms with Gasteiger partial charge in [-0.2, -0.15) is 0 Å². The highest BCUT2D eigenvalue weighted by Crippen LogP contribution is 2.29. The van der Waals surface area contributed by atoms with Crippen molar-refractivity contribution in [3.63, 3.8) is 0 Å². The second-order valence-electron chi connectivity index (χ2n) is 6.64. The van der Waals surface area contributed by atoms with Crippen molar-refractivity contribution in [3.8, 4) is 0 Å². The lowest BCUT2D eigenvalue weighted by molar-refractivity contribution is -0.139. The monoisotopic (exact) mass is 382 g/mol. The van der Waals surface area contributed by atoms with Crippen molar-refractivity contribution in [3.05, 3.63) is 34.3 Å². The molecule has 1 fully saturated rings. The molecule has 1 heterocycles. The number of carbonyl (C=O) groups is 1. The zero-order valence-electron chi connectivity index (χ0n) is 14.1. The van der Waals surface area contributed by atoms with Crippen molar-refractivity contribution in [2.45, 2.75) is 44.6 Å². The summed E-state index contributed by atoms with van der Waals surface area (Å²) in [5.41, 5.74) is 6.01. The quantitative estimate of drug-likeness (QED) is 0.769. The molecular weight excluding hydrogens is 356 g/mol. The zero-order chi connectivity index (χ0) is 16.9. The van der Waals surface area contributed by atoms with Crippen molar-refractivity contribution >= 4 is 21.8 Å². The number of rotatable bonds is 6. The molecule has 5 heteroatoms. The normalized spacial score (nSPS) is 16.6.